The summed E-state index contributed by atoms with van der Waals surface area (Å²) >= 11 is 0. The monoisotopic (exact) mass is 738 g/mol. The van der Waals surface area contributed by atoms with Crippen molar-refractivity contribution in [1.82, 2.24) is 18.9 Å². The minimum Gasteiger partial charge on any atom is -0.309 e. The Labute approximate surface area is 334 Å². The molecule has 4 heterocycles. The Balaban J connectivity index is 1.16. The number of hydrogen-bond donors (Lipinski definition) is 0. The topological polar surface area (TPSA) is 35.1 Å². The van der Waals surface area contributed by atoms with E-state index in [1.807, 2.05) is 0 Å². The lowest BCUT2D eigenvalue weighted by atomic mass is 9.99. The first-order valence-corrected chi connectivity index (χ1v) is 19.7. The van der Waals surface area contributed by atoms with Gasteiger partial charge in [0.15, 0.2) is 0 Å². The fourth-order valence-corrected chi connectivity index (χ4v) is 8.98. The molecule has 0 unspecified atom stereocenters. The molecule has 0 aliphatic heterocycles. The van der Waals surface area contributed by atoms with E-state index < -0.39 is 0 Å². The number of hydrogen-bond acceptors (Lipinski definition) is 2. The van der Waals surface area contributed by atoms with Gasteiger partial charge in [-0.15, -0.1) is 0 Å². The van der Waals surface area contributed by atoms with E-state index in [0.717, 1.165) is 50.1 Å². The molecule has 0 atom stereocenters. The summed E-state index contributed by atoms with van der Waals surface area (Å²) in [6, 6.07) is 73.8. The third-order valence-electron chi connectivity index (χ3n) is 11.7. The van der Waals surface area contributed by atoms with Crippen molar-refractivity contribution < 1.29 is 0 Å². The maximum atomic E-state index is 5.46. The van der Waals surface area contributed by atoms with Crippen molar-refractivity contribution >= 4 is 59.9 Å². The lowest BCUT2D eigenvalue weighted by molar-refractivity contribution is 0.996. The molecule has 4 aromatic heterocycles. The molecule has 12 aromatic rings. The van der Waals surface area contributed by atoms with Crippen LogP contribution in [-0.4, -0.2) is 18.9 Å². The van der Waals surface area contributed by atoms with Crippen molar-refractivity contribution in [2.45, 2.75) is 0 Å². The quantitative estimate of drug-likeness (QED) is 0.165. The number of benzene rings is 8. The highest BCUT2D eigenvalue weighted by Gasteiger charge is 2.20. The van der Waals surface area contributed by atoms with E-state index in [-0.39, 0.29) is 0 Å². The van der Waals surface area contributed by atoms with Gasteiger partial charge in [0, 0.05) is 38.1 Å². The van der Waals surface area contributed by atoms with Crippen molar-refractivity contribution in [2.24, 2.45) is 0 Å². The van der Waals surface area contributed by atoms with Gasteiger partial charge in [0.05, 0.1) is 39.0 Å². The molecule has 12 rings (SSSR count). The van der Waals surface area contributed by atoms with E-state index in [1.165, 1.54) is 54.6 Å². The molecule has 270 valence electrons. The predicted octanol–water partition coefficient (Wildman–Crippen LogP) is 14.0. The molecule has 0 bridgehead atoms. The maximum absolute atomic E-state index is 5.46. The van der Waals surface area contributed by atoms with Crippen LogP contribution in [0, 0.1) is 0 Å². The smallest absolute Gasteiger partial charge is 0.235 e. The number of fused-ring (bicyclic) bond motifs is 11. The van der Waals surface area contributed by atoms with Gasteiger partial charge in [0.2, 0.25) is 5.95 Å². The van der Waals surface area contributed by atoms with Gasteiger partial charge >= 0.3 is 0 Å². The molecule has 8 aromatic carbocycles. The summed E-state index contributed by atoms with van der Waals surface area (Å²) in [4.78, 5) is 10.9. The second kappa shape index (κ2) is 12.9. The summed E-state index contributed by atoms with van der Waals surface area (Å²) in [5, 5.41) is 7.18. The Hall–Kier alpha value is -7.82. The molecule has 4 heteroatoms. The standard InChI is InChI=1S/C54H34N4/c1-3-15-35(16-4-1)37-20-13-22-39(29-37)47-34-48(40-23-14-21-38(30-40)36-17-5-2-6-18-36)56-54(55-47)58-51-28-12-9-25-43(51)45-32-46-44(33-53(45)58)42-24-8-11-27-50(42)57-49-26-10-7-19-41(49)31-52(46)57/h1-34H. The Morgan fingerprint density at radius 1 is 0.276 bits per heavy atom. The number of aromatic nitrogens is 4. The molecule has 0 spiro atoms. The molecular weight excluding hydrogens is 705 g/mol. The second-order valence-corrected chi connectivity index (χ2v) is 15.0. The van der Waals surface area contributed by atoms with Gasteiger partial charge in [0.1, 0.15) is 0 Å². The van der Waals surface area contributed by atoms with Crippen LogP contribution in [0.15, 0.2) is 206 Å². The highest BCUT2D eigenvalue weighted by atomic mass is 15.2. The van der Waals surface area contributed by atoms with Gasteiger partial charge in [-0.2, -0.15) is 0 Å². The van der Waals surface area contributed by atoms with Crippen LogP contribution in [0.25, 0.3) is 111 Å². The van der Waals surface area contributed by atoms with Crippen LogP contribution < -0.4 is 0 Å². The average Bonchev–Trinajstić information content (AvgIpc) is 3.85. The fourth-order valence-electron chi connectivity index (χ4n) is 8.98. The fraction of sp³-hybridized carbons (Fsp3) is 0. The van der Waals surface area contributed by atoms with Gasteiger partial charge in [-0.05, 0) is 82.2 Å². The summed E-state index contributed by atoms with van der Waals surface area (Å²) < 4.78 is 4.69. The van der Waals surface area contributed by atoms with Crippen LogP contribution in [0.5, 0.6) is 0 Å². The maximum Gasteiger partial charge on any atom is 0.235 e. The van der Waals surface area contributed by atoms with Crippen molar-refractivity contribution in [3.05, 3.63) is 206 Å². The third-order valence-corrected chi connectivity index (χ3v) is 11.7. The van der Waals surface area contributed by atoms with Gasteiger partial charge in [-0.1, -0.05) is 152 Å². The number of rotatable bonds is 5. The molecule has 0 radical (unpaired) electrons. The van der Waals surface area contributed by atoms with E-state index in [1.54, 1.807) is 0 Å². The summed E-state index contributed by atoms with van der Waals surface area (Å²) in [5.41, 5.74) is 14.1. The molecule has 4 nitrogen and oxygen atoms in total. The van der Waals surface area contributed by atoms with E-state index in [9.17, 15) is 0 Å². The third kappa shape index (κ3) is 5.09. The SMILES string of the molecule is c1ccc(-c2cccc(-c3cc(-c4cccc(-c5ccccc5)c4)nc(-n4c5ccccc5c5cc6c(cc54)c4ccccc4n4c5ccccc5cc64)n3)c2)cc1. The summed E-state index contributed by atoms with van der Waals surface area (Å²) in [6.45, 7) is 0. The summed E-state index contributed by atoms with van der Waals surface area (Å²) in [5.74, 6) is 0.632. The van der Waals surface area contributed by atoms with Crippen molar-refractivity contribution in [1.29, 1.82) is 0 Å². The lowest BCUT2D eigenvalue weighted by Gasteiger charge is -2.14. The normalized spacial score (nSPS) is 11.8. The van der Waals surface area contributed by atoms with Gasteiger partial charge < -0.3 is 4.40 Å². The Bertz CT molecular complexity index is 3460. The van der Waals surface area contributed by atoms with Crippen LogP contribution in [0.1, 0.15) is 0 Å². The molecular formula is C54H34N4. The Kier molecular flexibility index (Phi) is 7.20. The Morgan fingerprint density at radius 2 is 0.776 bits per heavy atom. The largest absolute Gasteiger partial charge is 0.309 e. The van der Waals surface area contributed by atoms with Gasteiger partial charge in [-0.25, -0.2) is 9.97 Å². The highest BCUT2D eigenvalue weighted by Crippen LogP contribution is 2.41. The summed E-state index contributed by atoms with van der Waals surface area (Å²) in [6.07, 6.45) is 0. The summed E-state index contributed by atoms with van der Waals surface area (Å²) in [7, 11) is 0. The van der Waals surface area contributed by atoms with E-state index in [4.69, 9.17) is 9.97 Å². The lowest BCUT2D eigenvalue weighted by Crippen LogP contribution is -2.04. The molecule has 0 amide bonds. The zero-order valence-corrected chi connectivity index (χ0v) is 31.4. The average molecular weight is 739 g/mol. The Morgan fingerprint density at radius 3 is 1.43 bits per heavy atom. The molecule has 0 fully saturated rings. The van der Waals surface area contributed by atoms with Crippen molar-refractivity contribution in [2.75, 3.05) is 0 Å². The number of nitrogens with zero attached hydrogens (tertiary/aromatic N) is 4. The second-order valence-electron chi connectivity index (χ2n) is 15.0. The first kappa shape index (κ1) is 32.4. The number of pyridine rings is 1. The molecule has 0 N–H and O–H groups in total. The minimum atomic E-state index is 0.632. The molecule has 0 aliphatic carbocycles. The van der Waals surface area contributed by atoms with Crippen LogP contribution in [0.2, 0.25) is 0 Å². The molecule has 0 aliphatic rings. The first-order chi connectivity index (χ1) is 28.7. The van der Waals surface area contributed by atoms with Crippen molar-refractivity contribution in [3.8, 4) is 50.7 Å². The highest BCUT2D eigenvalue weighted by molar-refractivity contribution is 6.22. The predicted molar refractivity (Wildman–Crippen MR) is 242 cm³/mol. The molecule has 0 saturated carbocycles. The zero-order valence-electron chi connectivity index (χ0n) is 31.4. The van der Waals surface area contributed by atoms with Crippen LogP contribution in [-0.2, 0) is 0 Å². The van der Waals surface area contributed by atoms with Crippen LogP contribution in [0.4, 0.5) is 0 Å². The van der Waals surface area contributed by atoms with Gasteiger partial charge in [-0.3, -0.25) is 4.57 Å². The van der Waals surface area contributed by atoms with E-state index in [2.05, 4.69) is 215 Å². The van der Waals surface area contributed by atoms with E-state index in [0.29, 0.717) is 5.95 Å². The number of para-hydroxylation sites is 3. The van der Waals surface area contributed by atoms with E-state index >= 15 is 0 Å². The minimum absolute atomic E-state index is 0.632. The van der Waals surface area contributed by atoms with Crippen LogP contribution >= 0.6 is 0 Å². The van der Waals surface area contributed by atoms with Crippen LogP contribution in [0.3, 0.4) is 0 Å². The molecule has 0 saturated heterocycles. The van der Waals surface area contributed by atoms with Crippen molar-refractivity contribution in [3.63, 3.8) is 0 Å². The molecule has 58 heavy (non-hydrogen) atoms. The zero-order chi connectivity index (χ0) is 38.2. The first-order valence-electron chi connectivity index (χ1n) is 19.7. The van der Waals surface area contributed by atoms with Gasteiger partial charge in [0.25, 0.3) is 0 Å².